The van der Waals surface area contributed by atoms with Crippen LogP contribution in [0, 0.1) is 12.3 Å². The van der Waals surface area contributed by atoms with E-state index in [1.165, 1.54) is 44.2 Å². The van der Waals surface area contributed by atoms with Crippen LogP contribution in [0.4, 0.5) is 0 Å². The molecule has 2 aliphatic rings. The van der Waals surface area contributed by atoms with E-state index in [9.17, 15) is 0 Å². The quantitative estimate of drug-likeness (QED) is 0.867. The Morgan fingerprint density at radius 3 is 2.65 bits per heavy atom. The van der Waals surface area contributed by atoms with Gasteiger partial charge in [-0.1, -0.05) is 24.4 Å². The average Bonchev–Trinajstić information content (AvgIpc) is 3.11. The SMILES string of the molecule is CCn1nc(C)c(Cl)c1CC1(CNC2CC2)CCCC1. The lowest BCUT2D eigenvalue weighted by molar-refractivity contribution is 0.269. The molecule has 0 unspecified atom stereocenters. The number of nitrogens with one attached hydrogen (secondary N) is 1. The van der Waals surface area contributed by atoms with Crippen molar-refractivity contribution in [3.05, 3.63) is 16.4 Å². The van der Waals surface area contributed by atoms with E-state index in [0.29, 0.717) is 5.41 Å². The number of aromatic nitrogens is 2. The molecule has 0 atom stereocenters. The van der Waals surface area contributed by atoms with Crippen molar-refractivity contribution < 1.29 is 0 Å². The zero-order valence-corrected chi connectivity index (χ0v) is 13.5. The molecule has 4 heteroatoms. The molecule has 2 fully saturated rings. The summed E-state index contributed by atoms with van der Waals surface area (Å²) in [6.07, 6.45) is 9.20. The van der Waals surface area contributed by atoms with Crippen molar-refractivity contribution in [1.82, 2.24) is 15.1 Å². The molecular weight excluding hydrogens is 270 g/mol. The zero-order valence-electron chi connectivity index (χ0n) is 12.7. The molecule has 3 nitrogen and oxygen atoms in total. The molecule has 20 heavy (non-hydrogen) atoms. The van der Waals surface area contributed by atoms with Gasteiger partial charge in [-0.05, 0) is 51.4 Å². The Morgan fingerprint density at radius 1 is 1.35 bits per heavy atom. The summed E-state index contributed by atoms with van der Waals surface area (Å²) in [5, 5.41) is 9.22. The summed E-state index contributed by atoms with van der Waals surface area (Å²) >= 11 is 6.50. The van der Waals surface area contributed by atoms with Gasteiger partial charge in [-0.2, -0.15) is 5.10 Å². The highest BCUT2D eigenvalue weighted by atomic mass is 35.5. The van der Waals surface area contributed by atoms with E-state index in [2.05, 4.69) is 22.0 Å². The van der Waals surface area contributed by atoms with E-state index in [0.717, 1.165) is 36.3 Å². The van der Waals surface area contributed by atoms with Gasteiger partial charge >= 0.3 is 0 Å². The van der Waals surface area contributed by atoms with Gasteiger partial charge in [0.2, 0.25) is 0 Å². The van der Waals surface area contributed by atoms with Crippen molar-refractivity contribution >= 4 is 11.6 Å². The van der Waals surface area contributed by atoms with Gasteiger partial charge in [-0.15, -0.1) is 0 Å². The van der Waals surface area contributed by atoms with E-state index in [1.54, 1.807) is 0 Å². The van der Waals surface area contributed by atoms with Gasteiger partial charge in [0.1, 0.15) is 0 Å². The molecule has 1 aromatic heterocycles. The first kappa shape index (κ1) is 14.4. The standard InChI is InChI=1S/C16H26ClN3/c1-3-20-14(15(17)12(2)19-20)10-16(8-4-5-9-16)11-18-13-6-7-13/h13,18H,3-11H2,1-2H3. The first-order valence-electron chi connectivity index (χ1n) is 8.09. The molecule has 0 saturated heterocycles. The Labute approximate surface area is 127 Å². The molecule has 0 radical (unpaired) electrons. The van der Waals surface area contributed by atoms with E-state index in [4.69, 9.17) is 11.6 Å². The fraction of sp³-hybridized carbons (Fsp3) is 0.812. The fourth-order valence-corrected chi connectivity index (χ4v) is 3.78. The number of rotatable bonds is 6. The van der Waals surface area contributed by atoms with Crippen molar-refractivity contribution in [2.24, 2.45) is 5.41 Å². The molecule has 1 N–H and O–H groups in total. The smallest absolute Gasteiger partial charge is 0.0847 e. The Morgan fingerprint density at radius 2 is 2.05 bits per heavy atom. The summed E-state index contributed by atoms with van der Waals surface area (Å²) in [7, 11) is 0. The van der Waals surface area contributed by atoms with Gasteiger partial charge in [0.05, 0.1) is 16.4 Å². The number of hydrogen-bond donors (Lipinski definition) is 1. The molecule has 0 bridgehead atoms. The highest BCUT2D eigenvalue weighted by Gasteiger charge is 2.37. The second-order valence-corrected chi connectivity index (χ2v) is 7.08. The summed E-state index contributed by atoms with van der Waals surface area (Å²) in [5.41, 5.74) is 2.64. The molecule has 0 aromatic carbocycles. The van der Waals surface area contributed by atoms with Crippen LogP contribution >= 0.6 is 11.6 Å². The van der Waals surface area contributed by atoms with Gasteiger partial charge in [-0.25, -0.2) is 0 Å². The maximum Gasteiger partial charge on any atom is 0.0847 e. The minimum absolute atomic E-state index is 0.408. The van der Waals surface area contributed by atoms with Gasteiger partial charge < -0.3 is 5.32 Å². The summed E-state index contributed by atoms with van der Waals surface area (Å²) in [4.78, 5) is 0. The summed E-state index contributed by atoms with van der Waals surface area (Å²) < 4.78 is 2.11. The van der Waals surface area contributed by atoms with Crippen LogP contribution in [0.25, 0.3) is 0 Å². The number of aryl methyl sites for hydroxylation is 2. The van der Waals surface area contributed by atoms with Crippen LogP contribution in [-0.2, 0) is 13.0 Å². The monoisotopic (exact) mass is 295 g/mol. The summed E-state index contributed by atoms with van der Waals surface area (Å²) in [6.45, 7) is 6.23. The Balaban J connectivity index is 1.78. The third-order valence-electron chi connectivity index (χ3n) is 5.00. The van der Waals surface area contributed by atoms with Crippen LogP contribution in [0.2, 0.25) is 5.02 Å². The molecule has 0 spiro atoms. The van der Waals surface area contributed by atoms with Crippen molar-refractivity contribution in [3.63, 3.8) is 0 Å². The third-order valence-corrected chi connectivity index (χ3v) is 5.49. The number of hydrogen-bond acceptors (Lipinski definition) is 2. The second-order valence-electron chi connectivity index (χ2n) is 6.70. The van der Waals surface area contributed by atoms with Gasteiger partial charge in [-0.3, -0.25) is 4.68 Å². The maximum atomic E-state index is 6.50. The molecule has 2 aliphatic carbocycles. The lowest BCUT2D eigenvalue weighted by Gasteiger charge is -2.30. The van der Waals surface area contributed by atoms with E-state index < -0.39 is 0 Å². The molecule has 0 aliphatic heterocycles. The Hall–Kier alpha value is -0.540. The Bertz CT molecular complexity index is 470. The topological polar surface area (TPSA) is 29.9 Å². The highest BCUT2D eigenvalue weighted by Crippen LogP contribution is 2.42. The summed E-state index contributed by atoms with van der Waals surface area (Å²) in [5.74, 6) is 0. The van der Waals surface area contributed by atoms with Crippen molar-refractivity contribution in [2.45, 2.75) is 71.4 Å². The first-order chi connectivity index (χ1) is 9.63. The van der Waals surface area contributed by atoms with Crippen molar-refractivity contribution in [3.8, 4) is 0 Å². The van der Waals surface area contributed by atoms with Gasteiger partial charge in [0.15, 0.2) is 0 Å². The van der Waals surface area contributed by atoms with Crippen molar-refractivity contribution in [1.29, 1.82) is 0 Å². The predicted molar refractivity (Wildman–Crippen MR) is 83.3 cm³/mol. The molecule has 112 valence electrons. The maximum absolute atomic E-state index is 6.50. The Kier molecular flexibility index (Phi) is 4.09. The van der Waals surface area contributed by atoms with Crippen LogP contribution < -0.4 is 5.32 Å². The molecule has 0 amide bonds. The van der Waals surface area contributed by atoms with E-state index in [-0.39, 0.29) is 0 Å². The minimum Gasteiger partial charge on any atom is -0.313 e. The average molecular weight is 296 g/mol. The summed E-state index contributed by atoms with van der Waals surface area (Å²) in [6, 6.07) is 0.792. The predicted octanol–water partition coefficient (Wildman–Crippen LogP) is 3.72. The normalized spacial score (nSPS) is 21.6. The molecule has 1 heterocycles. The molecule has 3 rings (SSSR count). The largest absolute Gasteiger partial charge is 0.313 e. The molecule has 2 saturated carbocycles. The van der Waals surface area contributed by atoms with Gasteiger partial charge in [0, 0.05) is 19.1 Å². The van der Waals surface area contributed by atoms with E-state index in [1.807, 2.05) is 6.92 Å². The van der Waals surface area contributed by atoms with Crippen LogP contribution in [0.5, 0.6) is 0 Å². The fourth-order valence-electron chi connectivity index (χ4n) is 3.58. The van der Waals surface area contributed by atoms with E-state index >= 15 is 0 Å². The minimum atomic E-state index is 0.408. The van der Waals surface area contributed by atoms with Crippen molar-refractivity contribution in [2.75, 3.05) is 6.54 Å². The molecule has 1 aromatic rings. The lowest BCUT2D eigenvalue weighted by Crippen LogP contribution is -2.35. The second kappa shape index (κ2) is 5.69. The number of halogens is 1. The van der Waals surface area contributed by atoms with Crippen LogP contribution in [0.3, 0.4) is 0 Å². The lowest BCUT2D eigenvalue weighted by atomic mass is 9.81. The van der Waals surface area contributed by atoms with Crippen LogP contribution in [-0.4, -0.2) is 22.4 Å². The highest BCUT2D eigenvalue weighted by molar-refractivity contribution is 6.31. The first-order valence-corrected chi connectivity index (χ1v) is 8.46. The number of nitrogens with zero attached hydrogens (tertiary/aromatic N) is 2. The third kappa shape index (κ3) is 2.89. The van der Waals surface area contributed by atoms with Gasteiger partial charge in [0.25, 0.3) is 0 Å². The molecular formula is C16H26ClN3. The van der Waals surface area contributed by atoms with Crippen LogP contribution in [0.15, 0.2) is 0 Å². The zero-order chi connectivity index (χ0) is 14.2. The van der Waals surface area contributed by atoms with Crippen LogP contribution in [0.1, 0.15) is 56.8 Å².